The van der Waals surface area contributed by atoms with Crippen molar-refractivity contribution < 1.29 is 9.32 Å². The molecule has 5 heteroatoms. The lowest BCUT2D eigenvalue weighted by Crippen LogP contribution is -2.40. The van der Waals surface area contributed by atoms with Crippen molar-refractivity contribution in [2.45, 2.75) is 46.7 Å². The summed E-state index contributed by atoms with van der Waals surface area (Å²) in [7, 11) is 0. The van der Waals surface area contributed by atoms with E-state index in [9.17, 15) is 4.79 Å². The molecule has 0 saturated heterocycles. The van der Waals surface area contributed by atoms with Crippen LogP contribution in [0.3, 0.4) is 0 Å². The number of aromatic nitrogens is 1. The van der Waals surface area contributed by atoms with E-state index in [2.05, 4.69) is 10.5 Å². The summed E-state index contributed by atoms with van der Waals surface area (Å²) >= 11 is 0. The first-order valence-electron chi connectivity index (χ1n) is 5.73. The van der Waals surface area contributed by atoms with Gasteiger partial charge in [0.25, 0.3) is 0 Å². The summed E-state index contributed by atoms with van der Waals surface area (Å²) in [6.45, 7) is 8.25. The lowest BCUT2D eigenvalue weighted by atomic mass is 9.85. The fraction of sp³-hybridized carbons (Fsp3) is 0.667. The Morgan fingerprint density at radius 2 is 2.24 bits per heavy atom. The Kier molecular flexibility index (Phi) is 4.28. The largest absolute Gasteiger partial charge is 0.361 e. The second-order valence-electron chi connectivity index (χ2n) is 5.38. The summed E-state index contributed by atoms with van der Waals surface area (Å²) in [4.78, 5) is 11.6. The third-order valence-electron chi connectivity index (χ3n) is 2.66. The molecular weight excluding hydrogens is 218 g/mol. The van der Waals surface area contributed by atoms with E-state index < -0.39 is 0 Å². The number of rotatable bonds is 4. The number of hydrogen-bond acceptors (Lipinski definition) is 4. The van der Waals surface area contributed by atoms with Crippen LogP contribution in [0.15, 0.2) is 10.6 Å². The predicted molar refractivity (Wildman–Crippen MR) is 65.1 cm³/mol. The van der Waals surface area contributed by atoms with Crippen LogP contribution in [-0.4, -0.2) is 17.1 Å². The van der Waals surface area contributed by atoms with Crippen LogP contribution in [0.25, 0.3) is 0 Å². The molecule has 1 unspecified atom stereocenters. The number of aryl methyl sites for hydroxylation is 1. The second kappa shape index (κ2) is 5.31. The van der Waals surface area contributed by atoms with Crippen LogP contribution in [0, 0.1) is 12.3 Å². The van der Waals surface area contributed by atoms with E-state index >= 15 is 0 Å². The van der Waals surface area contributed by atoms with Gasteiger partial charge in [-0.05, 0) is 12.3 Å². The minimum Gasteiger partial charge on any atom is -0.361 e. The lowest BCUT2D eigenvalue weighted by molar-refractivity contribution is -0.122. The summed E-state index contributed by atoms with van der Waals surface area (Å²) in [5, 5.41) is 6.57. The normalized spacial score (nSPS) is 13.5. The van der Waals surface area contributed by atoms with E-state index in [1.165, 1.54) is 0 Å². The van der Waals surface area contributed by atoms with Gasteiger partial charge in [-0.15, -0.1) is 0 Å². The van der Waals surface area contributed by atoms with Gasteiger partial charge in [0, 0.05) is 18.5 Å². The van der Waals surface area contributed by atoms with Gasteiger partial charge in [0.05, 0.1) is 6.54 Å². The van der Waals surface area contributed by atoms with Crippen LogP contribution in [-0.2, 0) is 11.3 Å². The topological polar surface area (TPSA) is 81.2 Å². The Morgan fingerprint density at radius 1 is 1.59 bits per heavy atom. The third kappa shape index (κ3) is 4.56. The first kappa shape index (κ1) is 13.7. The maximum Gasteiger partial charge on any atom is 0.221 e. The molecule has 0 aliphatic heterocycles. The van der Waals surface area contributed by atoms with Gasteiger partial charge in [0.1, 0.15) is 11.5 Å². The molecular formula is C12H21N3O2. The van der Waals surface area contributed by atoms with E-state index in [1.54, 1.807) is 6.07 Å². The molecule has 3 N–H and O–H groups in total. The maximum absolute atomic E-state index is 11.6. The average molecular weight is 239 g/mol. The highest BCUT2D eigenvalue weighted by Gasteiger charge is 2.23. The number of amides is 1. The van der Waals surface area contributed by atoms with Gasteiger partial charge in [0.2, 0.25) is 5.91 Å². The molecule has 17 heavy (non-hydrogen) atoms. The van der Waals surface area contributed by atoms with Crippen LogP contribution in [0.5, 0.6) is 0 Å². The quantitative estimate of drug-likeness (QED) is 0.831. The van der Waals surface area contributed by atoms with Crippen molar-refractivity contribution in [3.05, 3.63) is 17.5 Å². The van der Waals surface area contributed by atoms with Crippen molar-refractivity contribution >= 4 is 5.91 Å². The summed E-state index contributed by atoms with van der Waals surface area (Å²) < 4.78 is 4.91. The van der Waals surface area contributed by atoms with Crippen molar-refractivity contribution in [2.24, 2.45) is 11.1 Å². The fourth-order valence-electron chi connectivity index (χ4n) is 1.27. The molecule has 0 bridgehead atoms. The third-order valence-corrected chi connectivity index (χ3v) is 2.66. The minimum atomic E-state index is -0.151. The molecule has 5 nitrogen and oxygen atoms in total. The van der Waals surface area contributed by atoms with Crippen molar-refractivity contribution in [1.82, 2.24) is 10.5 Å². The summed E-state index contributed by atoms with van der Waals surface area (Å²) in [6, 6.07) is 1.64. The van der Waals surface area contributed by atoms with Crippen LogP contribution >= 0.6 is 0 Å². The Labute approximate surface area is 102 Å². The molecule has 0 aliphatic rings. The molecule has 0 radical (unpaired) electrons. The van der Waals surface area contributed by atoms with Crippen molar-refractivity contribution in [1.29, 1.82) is 0 Å². The summed E-state index contributed by atoms with van der Waals surface area (Å²) in [5.41, 5.74) is 6.58. The zero-order valence-electron chi connectivity index (χ0n) is 10.9. The number of carbonyl (C=O) groups excluding carboxylic acids is 1. The lowest BCUT2D eigenvalue weighted by Gasteiger charge is -2.26. The standard InChI is InChI=1S/C12H21N3O2/c1-8-5-9(15-17-8)7-14-11(16)6-10(13)12(2,3)4/h5,10H,6-7,13H2,1-4H3,(H,14,16). The number of nitrogens with zero attached hydrogens (tertiary/aromatic N) is 1. The highest BCUT2D eigenvalue weighted by atomic mass is 16.5. The Hall–Kier alpha value is -1.36. The minimum absolute atomic E-state index is 0.0620. The Bertz CT molecular complexity index is 379. The van der Waals surface area contributed by atoms with Crippen LogP contribution in [0.2, 0.25) is 0 Å². The first-order chi connectivity index (χ1) is 7.79. The van der Waals surface area contributed by atoms with Gasteiger partial charge in [-0.2, -0.15) is 0 Å². The molecule has 1 amide bonds. The zero-order valence-corrected chi connectivity index (χ0v) is 10.9. The Balaban J connectivity index is 2.36. The number of hydrogen-bond donors (Lipinski definition) is 2. The van der Waals surface area contributed by atoms with Crippen LogP contribution in [0.4, 0.5) is 0 Å². The van der Waals surface area contributed by atoms with E-state index in [4.69, 9.17) is 10.3 Å². The van der Waals surface area contributed by atoms with Crippen molar-refractivity contribution in [3.63, 3.8) is 0 Å². The van der Waals surface area contributed by atoms with Gasteiger partial charge in [-0.3, -0.25) is 4.79 Å². The monoisotopic (exact) mass is 239 g/mol. The highest BCUT2D eigenvalue weighted by molar-refractivity contribution is 5.76. The zero-order chi connectivity index (χ0) is 13.1. The molecule has 1 atom stereocenters. The van der Waals surface area contributed by atoms with Crippen molar-refractivity contribution in [3.8, 4) is 0 Å². The molecule has 0 fully saturated rings. The molecule has 96 valence electrons. The maximum atomic E-state index is 11.6. The summed E-state index contributed by atoms with van der Waals surface area (Å²) in [5.74, 6) is 0.675. The molecule has 1 aromatic rings. The number of nitrogens with one attached hydrogen (secondary N) is 1. The van der Waals surface area contributed by atoms with Gasteiger partial charge in [-0.1, -0.05) is 25.9 Å². The highest BCUT2D eigenvalue weighted by Crippen LogP contribution is 2.19. The average Bonchev–Trinajstić information content (AvgIpc) is 2.60. The fourth-order valence-corrected chi connectivity index (χ4v) is 1.27. The van der Waals surface area contributed by atoms with E-state index in [-0.39, 0.29) is 17.4 Å². The van der Waals surface area contributed by atoms with E-state index in [1.807, 2.05) is 27.7 Å². The number of carbonyl (C=O) groups is 1. The molecule has 0 aromatic carbocycles. The van der Waals surface area contributed by atoms with Crippen molar-refractivity contribution in [2.75, 3.05) is 0 Å². The molecule has 1 rings (SSSR count). The second-order valence-corrected chi connectivity index (χ2v) is 5.38. The van der Waals surface area contributed by atoms with Crippen LogP contribution < -0.4 is 11.1 Å². The number of nitrogens with two attached hydrogens (primary N) is 1. The van der Waals surface area contributed by atoms with Gasteiger partial charge in [0.15, 0.2) is 0 Å². The van der Waals surface area contributed by atoms with E-state index in [0.29, 0.717) is 13.0 Å². The molecule has 1 heterocycles. The summed E-state index contributed by atoms with van der Waals surface area (Å²) in [6.07, 6.45) is 0.320. The van der Waals surface area contributed by atoms with Gasteiger partial charge >= 0.3 is 0 Å². The SMILES string of the molecule is Cc1cc(CNC(=O)CC(N)C(C)(C)C)no1. The smallest absolute Gasteiger partial charge is 0.221 e. The molecule has 0 aliphatic carbocycles. The van der Waals surface area contributed by atoms with Crippen LogP contribution in [0.1, 0.15) is 38.6 Å². The molecule has 1 aromatic heterocycles. The molecule has 0 saturated carbocycles. The molecule has 0 spiro atoms. The van der Waals surface area contributed by atoms with Gasteiger partial charge < -0.3 is 15.6 Å². The van der Waals surface area contributed by atoms with E-state index in [0.717, 1.165) is 11.5 Å². The van der Waals surface area contributed by atoms with Gasteiger partial charge in [-0.25, -0.2) is 0 Å². The predicted octanol–water partition coefficient (Wildman–Crippen LogP) is 1.36. The Morgan fingerprint density at radius 3 is 2.71 bits per heavy atom. The first-order valence-corrected chi connectivity index (χ1v) is 5.73.